The quantitative estimate of drug-likeness (QED) is 0.769. The summed E-state index contributed by atoms with van der Waals surface area (Å²) in [7, 11) is 0. The maximum Gasteiger partial charge on any atom is 0.123 e. The lowest BCUT2D eigenvalue weighted by molar-refractivity contribution is 0.179. The lowest BCUT2D eigenvalue weighted by Gasteiger charge is -2.31. The molecule has 1 unspecified atom stereocenters. The highest BCUT2D eigenvalue weighted by Crippen LogP contribution is 2.20. The average Bonchev–Trinajstić information content (AvgIpc) is 2.32. The molecule has 1 nitrogen and oxygen atoms in total. The Balaban J connectivity index is 1.91. The topological polar surface area (TPSA) is 3.24 Å². The van der Waals surface area contributed by atoms with Crippen molar-refractivity contribution >= 4 is 15.9 Å². The first-order valence-corrected chi connectivity index (χ1v) is 6.93. The number of halogens is 2. The first-order valence-electron chi connectivity index (χ1n) is 5.80. The summed E-state index contributed by atoms with van der Waals surface area (Å²) in [6.45, 7) is 3.27. The van der Waals surface area contributed by atoms with E-state index >= 15 is 0 Å². The predicted molar refractivity (Wildman–Crippen MR) is 68.2 cm³/mol. The highest BCUT2D eigenvalue weighted by molar-refractivity contribution is 9.09. The van der Waals surface area contributed by atoms with Gasteiger partial charge in [0.2, 0.25) is 0 Å². The van der Waals surface area contributed by atoms with Crippen molar-refractivity contribution in [1.29, 1.82) is 0 Å². The number of hydrogen-bond acceptors (Lipinski definition) is 1. The number of hydrogen-bond donors (Lipinski definition) is 0. The number of nitrogens with zero attached hydrogens (tertiary/aromatic N) is 1. The first-order chi connectivity index (χ1) is 7.78. The van der Waals surface area contributed by atoms with Gasteiger partial charge >= 0.3 is 0 Å². The van der Waals surface area contributed by atoms with Gasteiger partial charge in [0.1, 0.15) is 5.82 Å². The lowest BCUT2D eigenvalue weighted by Crippen LogP contribution is -2.35. The van der Waals surface area contributed by atoms with Crippen LogP contribution in [0.5, 0.6) is 0 Å². The van der Waals surface area contributed by atoms with Gasteiger partial charge in [0.25, 0.3) is 0 Å². The SMILES string of the molecule is Fc1ccc(CN2CCCC(CBr)C2)cc1. The van der Waals surface area contributed by atoms with Crippen LogP contribution >= 0.6 is 15.9 Å². The van der Waals surface area contributed by atoms with E-state index in [-0.39, 0.29) is 5.82 Å². The Morgan fingerprint density at radius 1 is 1.31 bits per heavy atom. The maximum atomic E-state index is 12.8. The molecule has 1 aromatic rings. The molecule has 1 aromatic carbocycles. The van der Waals surface area contributed by atoms with E-state index in [0.717, 1.165) is 24.3 Å². The molecule has 2 rings (SSSR count). The Hall–Kier alpha value is -0.410. The van der Waals surface area contributed by atoms with Gasteiger partial charge in [-0.3, -0.25) is 4.90 Å². The third-order valence-corrected chi connectivity index (χ3v) is 4.06. The van der Waals surface area contributed by atoms with E-state index in [9.17, 15) is 4.39 Å². The van der Waals surface area contributed by atoms with Gasteiger partial charge in [-0.15, -0.1) is 0 Å². The third kappa shape index (κ3) is 3.29. The van der Waals surface area contributed by atoms with Crippen molar-refractivity contribution in [2.75, 3.05) is 18.4 Å². The summed E-state index contributed by atoms with van der Waals surface area (Å²) in [4.78, 5) is 2.46. The minimum Gasteiger partial charge on any atom is -0.299 e. The largest absolute Gasteiger partial charge is 0.299 e. The summed E-state index contributed by atoms with van der Waals surface area (Å²) in [5, 5.41) is 1.09. The van der Waals surface area contributed by atoms with Gasteiger partial charge in [0.05, 0.1) is 0 Å². The van der Waals surface area contributed by atoms with E-state index in [4.69, 9.17) is 0 Å². The molecule has 88 valence electrons. The second-order valence-electron chi connectivity index (χ2n) is 4.52. The van der Waals surface area contributed by atoms with Crippen molar-refractivity contribution in [3.8, 4) is 0 Å². The van der Waals surface area contributed by atoms with Crippen molar-refractivity contribution in [1.82, 2.24) is 4.90 Å². The van der Waals surface area contributed by atoms with Crippen LogP contribution in [0.15, 0.2) is 24.3 Å². The van der Waals surface area contributed by atoms with Gasteiger partial charge in [-0.1, -0.05) is 28.1 Å². The molecule has 3 heteroatoms. The molecular formula is C13H17BrFN. The van der Waals surface area contributed by atoms with E-state index in [1.165, 1.54) is 24.9 Å². The summed E-state index contributed by atoms with van der Waals surface area (Å²) in [6.07, 6.45) is 2.60. The highest BCUT2D eigenvalue weighted by Gasteiger charge is 2.18. The third-order valence-electron chi connectivity index (χ3n) is 3.14. The minimum atomic E-state index is -0.152. The van der Waals surface area contributed by atoms with Crippen molar-refractivity contribution in [3.63, 3.8) is 0 Å². The van der Waals surface area contributed by atoms with Gasteiger partial charge in [0, 0.05) is 18.4 Å². The predicted octanol–water partition coefficient (Wildman–Crippen LogP) is 3.43. The van der Waals surface area contributed by atoms with Gasteiger partial charge in [-0.2, -0.15) is 0 Å². The zero-order chi connectivity index (χ0) is 11.4. The minimum absolute atomic E-state index is 0.152. The van der Waals surface area contributed by atoms with E-state index in [2.05, 4.69) is 20.8 Å². The van der Waals surface area contributed by atoms with Gasteiger partial charge in [-0.05, 0) is 43.0 Å². The zero-order valence-corrected chi connectivity index (χ0v) is 10.9. The van der Waals surface area contributed by atoms with Crippen molar-refractivity contribution in [3.05, 3.63) is 35.6 Å². The molecule has 1 fully saturated rings. The van der Waals surface area contributed by atoms with Crippen LogP contribution < -0.4 is 0 Å². The molecule has 0 radical (unpaired) electrons. The monoisotopic (exact) mass is 285 g/mol. The molecule has 1 saturated heterocycles. The van der Waals surface area contributed by atoms with Crippen molar-refractivity contribution in [2.24, 2.45) is 5.92 Å². The summed E-state index contributed by atoms with van der Waals surface area (Å²) >= 11 is 3.56. The Bertz CT molecular complexity index is 325. The molecule has 16 heavy (non-hydrogen) atoms. The number of benzene rings is 1. The van der Waals surface area contributed by atoms with Crippen LogP contribution in [0.25, 0.3) is 0 Å². The van der Waals surface area contributed by atoms with Crippen LogP contribution in [0.4, 0.5) is 4.39 Å². The molecule has 0 spiro atoms. The number of piperidine rings is 1. The van der Waals surface area contributed by atoms with Gasteiger partial charge in [0.15, 0.2) is 0 Å². The van der Waals surface area contributed by atoms with E-state index < -0.39 is 0 Å². The summed E-state index contributed by atoms with van der Waals surface area (Å²) in [5.74, 6) is 0.620. The summed E-state index contributed by atoms with van der Waals surface area (Å²) in [6, 6.07) is 6.85. The smallest absolute Gasteiger partial charge is 0.123 e. The van der Waals surface area contributed by atoms with Crippen molar-refractivity contribution in [2.45, 2.75) is 19.4 Å². The number of likely N-dealkylation sites (tertiary alicyclic amines) is 1. The fraction of sp³-hybridized carbons (Fsp3) is 0.538. The fourth-order valence-corrected chi connectivity index (χ4v) is 2.80. The van der Waals surface area contributed by atoms with Crippen LogP contribution in [0.2, 0.25) is 0 Å². The first kappa shape index (κ1) is 12.1. The van der Waals surface area contributed by atoms with Crippen LogP contribution in [0, 0.1) is 11.7 Å². The Labute approximate surface area is 105 Å². The molecule has 1 atom stereocenters. The second-order valence-corrected chi connectivity index (χ2v) is 5.17. The Morgan fingerprint density at radius 3 is 2.75 bits per heavy atom. The van der Waals surface area contributed by atoms with Gasteiger partial charge < -0.3 is 0 Å². The normalized spacial score (nSPS) is 22.2. The molecule has 1 heterocycles. The van der Waals surface area contributed by atoms with Crippen LogP contribution in [-0.4, -0.2) is 23.3 Å². The molecule has 1 aliphatic heterocycles. The molecular weight excluding hydrogens is 269 g/mol. The summed E-state index contributed by atoms with van der Waals surface area (Å²) < 4.78 is 12.8. The molecule has 0 aliphatic carbocycles. The van der Waals surface area contributed by atoms with E-state index in [1.54, 1.807) is 12.1 Å². The van der Waals surface area contributed by atoms with E-state index in [1.807, 2.05) is 12.1 Å². The summed E-state index contributed by atoms with van der Waals surface area (Å²) in [5.41, 5.74) is 1.21. The molecule has 0 saturated carbocycles. The number of alkyl halides is 1. The zero-order valence-electron chi connectivity index (χ0n) is 9.33. The van der Waals surface area contributed by atoms with Crippen LogP contribution in [0.3, 0.4) is 0 Å². The Morgan fingerprint density at radius 2 is 2.06 bits per heavy atom. The molecule has 0 N–H and O–H groups in total. The van der Waals surface area contributed by atoms with Crippen LogP contribution in [0.1, 0.15) is 18.4 Å². The second kappa shape index (κ2) is 5.78. The molecule has 1 aliphatic rings. The lowest BCUT2D eigenvalue weighted by atomic mass is 10.00. The highest BCUT2D eigenvalue weighted by atomic mass is 79.9. The molecule has 0 bridgehead atoms. The molecule has 0 aromatic heterocycles. The standard InChI is InChI=1S/C13H17BrFN/c14-8-12-2-1-7-16(10-12)9-11-3-5-13(15)6-4-11/h3-6,12H,1-2,7-10H2. The van der Waals surface area contributed by atoms with Gasteiger partial charge in [-0.25, -0.2) is 4.39 Å². The Kier molecular flexibility index (Phi) is 4.36. The van der Waals surface area contributed by atoms with Crippen molar-refractivity contribution < 1.29 is 4.39 Å². The van der Waals surface area contributed by atoms with Crippen LogP contribution in [-0.2, 0) is 6.54 Å². The number of rotatable bonds is 3. The van der Waals surface area contributed by atoms with E-state index in [0.29, 0.717) is 0 Å². The maximum absolute atomic E-state index is 12.8. The average molecular weight is 286 g/mol. The fourth-order valence-electron chi connectivity index (χ4n) is 2.27. The molecule has 0 amide bonds.